The Balaban J connectivity index is 0.00000220. The lowest BCUT2D eigenvalue weighted by atomic mass is 10.00. The number of primary amides is 1. The van der Waals surface area contributed by atoms with E-state index < -0.39 is 5.91 Å². The summed E-state index contributed by atoms with van der Waals surface area (Å²) in [5.41, 5.74) is 11.9. The van der Waals surface area contributed by atoms with Gasteiger partial charge in [0.1, 0.15) is 0 Å². The maximum absolute atomic E-state index is 11.9. The molecule has 116 valence electrons. The molecule has 0 unspecified atom stereocenters. The highest BCUT2D eigenvalue weighted by atomic mass is 35.5. The summed E-state index contributed by atoms with van der Waals surface area (Å²) in [4.78, 5) is 23.0. The van der Waals surface area contributed by atoms with Crippen LogP contribution >= 0.6 is 24.0 Å². The van der Waals surface area contributed by atoms with Crippen LogP contribution in [0.5, 0.6) is 0 Å². The first-order valence-corrected chi connectivity index (χ1v) is 7.00. The van der Waals surface area contributed by atoms with Crippen molar-refractivity contribution < 1.29 is 9.59 Å². The molecule has 21 heavy (non-hydrogen) atoms. The summed E-state index contributed by atoms with van der Waals surface area (Å²) in [5, 5.41) is 2.99. The van der Waals surface area contributed by atoms with Crippen LogP contribution in [-0.4, -0.2) is 17.9 Å². The molecule has 0 aromatic heterocycles. The molecule has 1 aliphatic carbocycles. The molecule has 2 amide bonds. The Hall–Kier alpha value is -1.30. The molecule has 7 heteroatoms. The number of carbonyl (C=O) groups is 2. The van der Waals surface area contributed by atoms with Crippen LogP contribution in [0.2, 0.25) is 5.02 Å². The van der Waals surface area contributed by atoms with Crippen molar-refractivity contribution >= 4 is 41.5 Å². The molecular formula is C14H19Cl2N3O2. The third-order valence-corrected chi connectivity index (χ3v) is 4.00. The van der Waals surface area contributed by atoms with Gasteiger partial charge < -0.3 is 16.8 Å². The Morgan fingerprint density at radius 1 is 1.33 bits per heavy atom. The number of carbonyl (C=O) groups excluding carboxylic acids is 2. The Bertz CT molecular complexity index is 537. The average Bonchev–Trinajstić information content (AvgIpc) is 2.74. The van der Waals surface area contributed by atoms with E-state index in [1.807, 2.05) is 0 Å². The molecule has 5 nitrogen and oxygen atoms in total. The van der Waals surface area contributed by atoms with E-state index in [1.54, 1.807) is 6.07 Å². The van der Waals surface area contributed by atoms with E-state index in [-0.39, 0.29) is 40.9 Å². The smallest absolute Gasteiger partial charge is 0.250 e. The highest BCUT2D eigenvalue weighted by Gasteiger charge is 2.26. The first-order chi connectivity index (χ1) is 9.47. The van der Waals surface area contributed by atoms with Crippen LogP contribution in [0.25, 0.3) is 0 Å². The van der Waals surface area contributed by atoms with Crippen LogP contribution in [-0.2, 0) is 4.79 Å². The fourth-order valence-corrected chi connectivity index (χ4v) is 2.84. The van der Waals surface area contributed by atoms with Gasteiger partial charge in [0.15, 0.2) is 0 Å². The number of nitrogens with two attached hydrogens (primary N) is 2. The van der Waals surface area contributed by atoms with Gasteiger partial charge in [0.25, 0.3) is 0 Å². The van der Waals surface area contributed by atoms with Crippen LogP contribution in [0, 0.1) is 5.92 Å². The monoisotopic (exact) mass is 331 g/mol. The van der Waals surface area contributed by atoms with E-state index in [9.17, 15) is 9.59 Å². The summed E-state index contributed by atoms with van der Waals surface area (Å²) in [7, 11) is 0. The van der Waals surface area contributed by atoms with Gasteiger partial charge in [-0.15, -0.1) is 12.4 Å². The van der Waals surface area contributed by atoms with Crippen molar-refractivity contribution in [3.05, 3.63) is 28.8 Å². The molecular weight excluding hydrogens is 313 g/mol. The third-order valence-electron chi connectivity index (χ3n) is 3.68. The standard InChI is InChI=1S/C14H18ClN3O2.ClH/c15-11-7-9(4-5-10(11)14(17)20)18-13(19)6-8-2-1-3-12(8)16;/h4-5,7-8,12H,1-3,6,16H2,(H2,17,20)(H,18,19);1H/t8-,12+;/m0./s1. The predicted molar refractivity (Wildman–Crippen MR) is 85.8 cm³/mol. The molecule has 0 aliphatic heterocycles. The van der Waals surface area contributed by atoms with E-state index in [2.05, 4.69) is 5.32 Å². The quantitative estimate of drug-likeness (QED) is 0.789. The lowest BCUT2D eigenvalue weighted by Crippen LogP contribution is -2.28. The Morgan fingerprint density at radius 3 is 2.57 bits per heavy atom. The number of nitrogens with one attached hydrogen (secondary N) is 1. The van der Waals surface area contributed by atoms with Crippen molar-refractivity contribution in [1.29, 1.82) is 0 Å². The summed E-state index contributed by atoms with van der Waals surface area (Å²) in [5.74, 6) is -0.435. The van der Waals surface area contributed by atoms with Crippen molar-refractivity contribution in [2.24, 2.45) is 17.4 Å². The number of rotatable bonds is 4. The van der Waals surface area contributed by atoms with Crippen LogP contribution in [0.1, 0.15) is 36.0 Å². The second-order valence-corrected chi connectivity index (χ2v) is 5.57. The Morgan fingerprint density at radius 2 is 2.05 bits per heavy atom. The number of hydrogen-bond acceptors (Lipinski definition) is 3. The predicted octanol–water partition coefficient (Wildman–Crippen LogP) is 2.32. The number of anilines is 1. The van der Waals surface area contributed by atoms with Gasteiger partial charge in [-0.3, -0.25) is 9.59 Å². The first-order valence-electron chi connectivity index (χ1n) is 6.62. The van der Waals surface area contributed by atoms with Crippen LogP contribution in [0.3, 0.4) is 0 Å². The third kappa shape index (κ3) is 4.59. The molecule has 0 saturated heterocycles. The minimum absolute atomic E-state index is 0. The average molecular weight is 332 g/mol. The van der Waals surface area contributed by atoms with Crippen LogP contribution in [0.4, 0.5) is 5.69 Å². The Labute approximate surface area is 134 Å². The van der Waals surface area contributed by atoms with Gasteiger partial charge in [0.2, 0.25) is 11.8 Å². The zero-order chi connectivity index (χ0) is 14.7. The van der Waals surface area contributed by atoms with E-state index in [1.165, 1.54) is 12.1 Å². The molecule has 2 atom stereocenters. The molecule has 1 saturated carbocycles. The van der Waals surface area contributed by atoms with E-state index in [0.29, 0.717) is 12.1 Å². The minimum atomic E-state index is -0.593. The summed E-state index contributed by atoms with van der Waals surface area (Å²) >= 11 is 5.93. The zero-order valence-electron chi connectivity index (χ0n) is 11.5. The molecule has 0 bridgehead atoms. The maximum Gasteiger partial charge on any atom is 0.250 e. The second-order valence-electron chi connectivity index (χ2n) is 5.17. The van der Waals surface area contributed by atoms with Crippen LogP contribution < -0.4 is 16.8 Å². The number of halogens is 2. The van der Waals surface area contributed by atoms with Crippen molar-refractivity contribution in [3.8, 4) is 0 Å². The summed E-state index contributed by atoms with van der Waals surface area (Å²) in [6.45, 7) is 0. The van der Waals surface area contributed by atoms with Crippen molar-refractivity contribution in [3.63, 3.8) is 0 Å². The van der Waals surface area contributed by atoms with Crippen molar-refractivity contribution in [2.75, 3.05) is 5.32 Å². The second kappa shape index (κ2) is 7.64. The minimum Gasteiger partial charge on any atom is -0.366 e. The lowest BCUT2D eigenvalue weighted by molar-refractivity contribution is -0.117. The molecule has 1 aromatic rings. The normalized spacial score (nSPS) is 20.7. The van der Waals surface area contributed by atoms with Gasteiger partial charge in [-0.1, -0.05) is 18.0 Å². The lowest BCUT2D eigenvalue weighted by Gasteiger charge is -2.15. The molecule has 1 aliphatic rings. The van der Waals surface area contributed by atoms with Gasteiger partial charge in [-0.05, 0) is 37.0 Å². The SMILES string of the molecule is Cl.NC(=O)c1ccc(NC(=O)C[C@@H]2CCC[C@H]2N)cc1Cl. The largest absolute Gasteiger partial charge is 0.366 e. The topological polar surface area (TPSA) is 98.2 Å². The fourth-order valence-electron chi connectivity index (χ4n) is 2.56. The molecule has 0 heterocycles. The van der Waals surface area contributed by atoms with Gasteiger partial charge in [-0.2, -0.15) is 0 Å². The number of amides is 2. The first kappa shape index (κ1) is 17.8. The molecule has 5 N–H and O–H groups in total. The highest BCUT2D eigenvalue weighted by Crippen LogP contribution is 2.27. The summed E-state index contributed by atoms with van der Waals surface area (Å²) in [6.07, 6.45) is 3.47. The van der Waals surface area contributed by atoms with Crippen LogP contribution in [0.15, 0.2) is 18.2 Å². The fraction of sp³-hybridized carbons (Fsp3) is 0.429. The van der Waals surface area contributed by atoms with Gasteiger partial charge >= 0.3 is 0 Å². The van der Waals surface area contributed by atoms with Gasteiger partial charge in [0, 0.05) is 18.2 Å². The van der Waals surface area contributed by atoms with E-state index >= 15 is 0 Å². The Kier molecular flexibility index (Phi) is 6.45. The van der Waals surface area contributed by atoms with Crippen molar-refractivity contribution in [1.82, 2.24) is 0 Å². The molecule has 1 aromatic carbocycles. The highest BCUT2D eigenvalue weighted by molar-refractivity contribution is 6.34. The summed E-state index contributed by atoms with van der Waals surface area (Å²) < 4.78 is 0. The van der Waals surface area contributed by atoms with E-state index in [4.69, 9.17) is 23.1 Å². The van der Waals surface area contributed by atoms with Gasteiger partial charge in [-0.25, -0.2) is 0 Å². The molecule has 0 radical (unpaired) electrons. The zero-order valence-corrected chi connectivity index (χ0v) is 13.0. The van der Waals surface area contributed by atoms with Crippen molar-refractivity contribution in [2.45, 2.75) is 31.7 Å². The molecule has 2 rings (SSSR count). The van der Waals surface area contributed by atoms with Gasteiger partial charge in [0.05, 0.1) is 10.6 Å². The maximum atomic E-state index is 11.9. The number of benzene rings is 1. The molecule has 1 fully saturated rings. The number of hydrogen-bond donors (Lipinski definition) is 3. The van der Waals surface area contributed by atoms with E-state index in [0.717, 1.165) is 19.3 Å². The molecule has 0 spiro atoms. The summed E-state index contributed by atoms with van der Waals surface area (Å²) in [6, 6.07) is 4.75.